The maximum atomic E-state index is 13.2. The Morgan fingerprint density at radius 1 is 0.971 bits per heavy atom. The predicted molar refractivity (Wildman–Crippen MR) is 133 cm³/mol. The minimum Gasteiger partial charge on any atom is -0.461 e. The molecule has 180 valence electrons. The van der Waals surface area contributed by atoms with E-state index in [9.17, 15) is 14.4 Å². The van der Waals surface area contributed by atoms with Crippen molar-refractivity contribution in [3.8, 4) is 0 Å². The summed E-state index contributed by atoms with van der Waals surface area (Å²) >= 11 is 0. The number of fused-ring (bicyclic) bond motifs is 6. The van der Waals surface area contributed by atoms with Gasteiger partial charge in [-0.05, 0) is 62.8 Å². The predicted octanol–water partition coefficient (Wildman–Crippen LogP) is 4.20. The van der Waals surface area contributed by atoms with Gasteiger partial charge in [0.1, 0.15) is 16.9 Å². The molecule has 6 rings (SSSR count). The molecular formula is C28H28N2O5. The van der Waals surface area contributed by atoms with Crippen LogP contribution in [-0.4, -0.2) is 28.5 Å². The zero-order chi connectivity index (χ0) is 24.4. The molecule has 1 amide bonds. The molecule has 1 saturated heterocycles. The van der Waals surface area contributed by atoms with Crippen LogP contribution >= 0.6 is 0 Å². The highest BCUT2D eigenvalue weighted by molar-refractivity contribution is 5.96. The molecule has 0 aliphatic carbocycles. The van der Waals surface area contributed by atoms with E-state index in [4.69, 9.17) is 8.83 Å². The lowest BCUT2D eigenvalue weighted by Gasteiger charge is -2.42. The van der Waals surface area contributed by atoms with E-state index >= 15 is 0 Å². The molecular weight excluding hydrogens is 444 g/mol. The average Bonchev–Trinajstić information content (AvgIpc) is 3.10. The number of likely N-dealkylation sites (tertiary alicyclic amines) is 1. The summed E-state index contributed by atoms with van der Waals surface area (Å²) < 4.78 is 13.3. The molecule has 2 aliphatic rings. The van der Waals surface area contributed by atoms with Gasteiger partial charge in [-0.15, -0.1) is 0 Å². The third-order valence-electron chi connectivity index (χ3n) is 8.00. The van der Waals surface area contributed by atoms with E-state index < -0.39 is 5.63 Å². The normalized spacial score (nSPS) is 19.3. The van der Waals surface area contributed by atoms with Crippen molar-refractivity contribution in [3.05, 3.63) is 79.3 Å². The first-order chi connectivity index (χ1) is 16.8. The number of aryl methyl sites for hydroxylation is 3. The van der Waals surface area contributed by atoms with E-state index in [-0.39, 0.29) is 29.7 Å². The van der Waals surface area contributed by atoms with Crippen molar-refractivity contribution in [2.24, 2.45) is 5.92 Å². The van der Waals surface area contributed by atoms with Crippen LogP contribution in [0.3, 0.4) is 0 Å². The van der Waals surface area contributed by atoms with Crippen LogP contribution in [0.5, 0.6) is 0 Å². The van der Waals surface area contributed by atoms with Crippen LogP contribution in [-0.2, 0) is 17.8 Å². The van der Waals surface area contributed by atoms with Crippen molar-refractivity contribution in [1.29, 1.82) is 0 Å². The fraction of sp³-hybridized carbons (Fsp3) is 0.393. The number of nitrogens with zero attached hydrogens (tertiary/aromatic N) is 2. The van der Waals surface area contributed by atoms with E-state index in [1.165, 1.54) is 0 Å². The molecule has 2 aliphatic heterocycles. The first kappa shape index (κ1) is 21.9. The summed E-state index contributed by atoms with van der Waals surface area (Å²) in [6, 6.07) is 9.21. The number of piperidine rings is 1. The lowest BCUT2D eigenvalue weighted by atomic mass is 9.83. The molecule has 1 aromatic carbocycles. The molecule has 2 atom stereocenters. The smallest absolute Gasteiger partial charge is 0.339 e. The molecule has 7 nitrogen and oxygen atoms in total. The van der Waals surface area contributed by atoms with Gasteiger partial charge >= 0.3 is 5.63 Å². The fourth-order valence-electron chi connectivity index (χ4n) is 6.00. The van der Waals surface area contributed by atoms with E-state index in [2.05, 4.69) is 0 Å². The molecule has 35 heavy (non-hydrogen) atoms. The topological polar surface area (TPSA) is 85.7 Å². The molecule has 4 aromatic rings. The number of benzene rings is 1. The second-order valence-electron chi connectivity index (χ2n) is 10.1. The first-order valence-electron chi connectivity index (χ1n) is 12.2. The van der Waals surface area contributed by atoms with Gasteiger partial charge < -0.3 is 18.3 Å². The van der Waals surface area contributed by atoms with Gasteiger partial charge in [0, 0.05) is 66.1 Å². The number of hydrogen-bond acceptors (Lipinski definition) is 5. The van der Waals surface area contributed by atoms with Crippen LogP contribution in [0, 0.1) is 26.7 Å². The number of hydrogen-bond donors (Lipinski definition) is 0. The fourth-order valence-corrected chi connectivity index (χ4v) is 6.00. The highest BCUT2D eigenvalue weighted by Gasteiger charge is 2.36. The van der Waals surface area contributed by atoms with Gasteiger partial charge in [-0.2, -0.15) is 0 Å². The minimum atomic E-state index is -0.397. The lowest BCUT2D eigenvalue weighted by molar-refractivity contribution is -0.133. The molecule has 0 saturated carbocycles. The zero-order valence-electron chi connectivity index (χ0n) is 20.2. The summed E-state index contributed by atoms with van der Waals surface area (Å²) in [4.78, 5) is 40.2. The van der Waals surface area contributed by atoms with Gasteiger partial charge in [-0.25, -0.2) is 4.79 Å². The number of aromatic nitrogens is 1. The molecule has 1 fully saturated rings. The largest absolute Gasteiger partial charge is 0.461 e. The second kappa shape index (κ2) is 7.97. The van der Waals surface area contributed by atoms with Crippen LogP contribution in [0.25, 0.3) is 21.9 Å². The van der Waals surface area contributed by atoms with Gasteiger partial charge in [0.05, 0.1) is 0 Å². The van der Waals surface area contributed by atoms with Gasteiger partial charge in [-0.1, -0.05) is 6.07 Å². The Labute approximate surface area is 201 Å². The van der Waals surface area contributed by atoms with Crippen molar-refractivity contribution in [2.45, 2.75) is 52.5 Å². The summed E-state index contributed by atoms with van der Waals surface area (Å²) in [6.07, 6.45) is 1.60. The Balaban J connectivity index is 1.24. The van der Waals surface area contributed by atoms with E-state index in [1.807, 2.05) is 42.4 Å². The number of carbonyl (C=O) groups excluding carboxylic acids is 1. The Hall–Kier alpha value is -3.61. The lowest BCUT2D eigenvalue weighted by Crippen LogP contribution is -2.49. The standard InChI is InChI=1S/C28H28N2O5/c1-15-17(3)34-24-11-25-22(10-21(15)24)16(2)20(28(33)35-25)7-8-26(31)29-12-18-9-19(14-29)23-5-4-6-27(32)30(23)13-18/h4-6,10-11,18-19H,7-9,12-14H2,1-3H3/t18-,19+/m1/s1. The molecule has 0 spiro atoms. The highest BCUT2D eigenvalue weighted by Crippen LogP contribution is 2.35. The van der Waals surface area contributed by atoms with Gasteiger partial charge in [-0.3, -0.25) is 9.59 Å². The monoisotopic (exact) mass is 472 g/mol. The number of pyridine rings is 1. The summed E-state index contributed by atoms with van der Waals surface area (Å²) in [5.41, 5.74) is 4.35. The van der Waals surface area contributed by atoms with Crippen molar-refractivity contribution < 1.29 is 13.6 Å². The van der Waals surface area contributed by atoms with E-state index in [1.54, 1.807) is 18.2 Å². The van der Waals surface area contributed by atoms with Crippen molar-refractivity contribution in [1.82, 2.24) is 9.47 Å². The maximum absolute atomic E-state index is 13.2. The highest BCUT2D eigenvalue weighted by atomic mass is 16.4. The average molecular weight is 473 g/mol. The summed E-state index contributed by atoms with van der Waals surface area (Å²) in [5, 5.41) is 1.88. The molecule has 0 unspecified atom stereocenters. The van der Waals surface area contributed by atoms with Crippen LogP contribution in [0.15, 0.2) is 48.8 Å². The Bertz CT molecular complexity index is 1620. The number of rotatable bonds is 3. The van der Waals surface area contributed by atoms with Gasteiger partial charge in [0.25, 0.3) is 5.56 Å². The third kappa shape index (κ3) is 3.52. The second-order valence-corrected chi connectivity index (χ2v) is 10.1. The van der Waals surface area contributed by atoms with Crippen molar-refractivity contribution in [3.63, 3.8) is 0 Å². The van der Waals surface area contributed by atoms with Crippen molar-refractivity contribution in [2.75, 3.05) is 13.1 Å². The molecule has 3 aromatic heterocycles. The summed E-state index contributed by atoms with van der Waals surface area (Å²) in [6.45, 7) is 7.78. The number of carbonyl (C=O) groups is 1. The van der Waals surface area contributed by atoms with Crippen molar-refractivity contribution >= 4 is 27.8 Å². The third-order valence-corrected chi connectivity index (χ3v) is 8.00. The van der Waals surface area contributed by atoms with Gasteiger partial charge in [0.15, 0.2) is 0 Å². The van der Waals surface area contributed by atoms with Crippen LogP contribution in [0.1, 0.15) is 46.9 Å². The Morgan fingerprint density at radius 2 is 1.74 bits per heavy atom. The minimum absolute atomic E-state index is 0.0357. The van der Waals surface area contributed by atoms with E-state index in [0.29, 0.717) is 42.8 Å². The number of amides is 1. The Morgan fingerprint density at radius 3 is 2.57 bits per heavy atom. The van der Waals surface area contributed by atoms with Crippen LogP contribution < -0.4 is 11.2 Å². The zero-order valence-corrected chi connectivity index (χ0v) is 20.2. The quantitative estimate of drug-likeness (QED) is 0.417. The van der Waals surface area contributed by atoms with Gasteiger partial charge in [0.2, 0.25) is 5.91 Å². The summed E-state index contributed by atoms with van der Waals surface area (Å²) in [7, 11) is 0. The van der Waals surface area contributed by atoms with Crippen LogP contribution in [0.4, 0.5) is 0 Å². The Kier molecular flexibility index (Phi) is 4.99. The molecule has 2 bridgehead atoms. The maximum Gasteiger partial charge on any atom is 0.339 e. The van der Waals surface area contributed by atoms with E-state index in [0.717, 1.165) is 39.8 Å². The molecule has 0 N–H and O–H groups in total. The molecule has 0 radical (unpaired) electrons. The summed E-state index contributed by atoms with van der Waals surface area (Å²) in [5.74, 6) is 1.35. The first-order valence-corrected chi connectivity index (χ1v) is 12.2. The van der Waals surface area contributed by atoms with Crippen LogP contribution in [0.2, 0.25) is 0 Å². The molecule has 5 heterocycles. The number of furan rings is 1. The molecule has 7 heteroatoms. The SMILES string of the molecule is Cc1oc2cc3oc(=O)c(CCC(=O)N4C[C@H]5C[C@@H](C4)c4cccc(=O)n4C5)c(C)c3cc2c1C.